The Morgan fingerprint density at radius 2 is 1.68 bits per heavy atom. The predicted molar refractivity (Wildman–Crippen MR) is 150 cm³/mol. The molecule has 0 aliphatic rings. The quantitative estimate of drug-likeness (QED) is 0.353. The van der Waals surface area contributed by atoms with Crippen molar-refractivity contribution in [3.8, 4) is 0 Å². The number of nitrogens with zero attached hydrogens (tertiary/aromatic N) is 1. The average molecular weight is 539 g/mol. The molecule has 0 saturated heterocycles. The van der Waals surface area contributed by atoms with Crippen LogP contribution in [0.4, 0.5) is 4.79 Å². The van der Waals surface area contributed by atoms with Gasteiger partial charge in [0.25, 0.3) is 5.56 Å². The Hall–Kier alpha value is -3.78. The fourth-order valence-corrected chi connectivity index (χ4v) is 4.00. The monoisotopic (exact) mass is 538 g/mol. The van der Waals surface area contributed by atoms with Crippen molar-refractivity contribution < 1.29 is 14.3 Å². The van der Waals surface area contributed by atoms with Crippen LogP contribution in [0.15, 0.2) is 65.6 Å². The molecule has 0 aliphatic heterocycles. The maximum atomic E-state index is 13.0. The Kier molecular flexibility index (Phi) is 9.96. The Bertz CT molecular complexity index is 1320. The molecule has 2 amide bonds. The van der Waals surface area contributed by atoms with Gasteiger partial charge in [-0.3, -0.25) is 9.59 Å². The normalized spacial score (nSPS) is 11.1. The smallest absolute Gasteiger partial charge is 0.407 e. The number of benzene rings is 2. The van der Waals surface area contributed by atoms with E-state index in [1.807, 2.05) is 43.3 Å². The highest BCUT2D eigenvalue weighted by Crippen LogP contribution is 2.17. The summed E-state index contributed by atoms with van der Waals surface area (Å²) in [6.07, 6.45) is 1.86. The third kappa shape index (κ3) is 8.95. The summed E-state index contributed by atoms with van der Waals surface area (Å²) in [5.41, 5.74) is 6.16. The number of aryl methyl sites for hydroxylation is 1. The van der Waals surface area contributed by atoms with Gasteiger partial charge in [-0.05, 0) is 74.6 Å². The van der Waals surface area contributed by atoms with Crippen LogP contribution < -0.4 is 21.6 Å². The van der Waals surface area contributed by atoms with Gasteiger partial charge in [0.1, 0.15) is 5.60 Å². The molecule has 0 unspecified atom stereocenters. The molecular formula is C29H35ClN4O4. The van der Waals surface area contributed by atoms with E-state index in [0.29, 0.717) is 17.1 Å². The number of pyridine rings is 1. The molecule has 0 spiro atoms. The minimum Gasteiger partial charge on any atom is -0.444 e. The van der Waals surface area contributed by atoms with Gasteiger partial charge in [-0.1, -0.05) is 48.0 Å². The molecule has 0 bridgehead atoms. The number of halogens is 1. The fraction of sp³-hybridized carbons (Fsp3) is 0.345. The molecule has 202 valence electrons. The van der Waals surface area contributed by atoms with E-state index in [2.05, 4.69) is 16.1 Å². The number of aromatic nitrogens is 1. The van der Waals surface area contributed by atoms with E-state index in [-0.39, 0.29) is 31.0 Å². The number of nitrogens with one attached hydrogen (secondary N) is 3. The lowest BCUT2D eigenvalue weighted by Crippen LogP contribution is -2.35. The van der Waals surface area contributed by atoms with Crippen molar-refractivity contribution >= 4 is 23.6 Å². The first kappa shape index (κ1) is 28.8. The van der Waals surface area contributed by atoms with Gasteiger partial charge in [0.2, 0.25) is 5.91 Å². The zero-order valence-electron chi connectivity index (χ0n) is 22.3. The highest BCUT2D eigenvalue weighted by atomic mass is 35.5. The summed E-state index contributed by atoms with van der Waals surface area (Å²) in [6.45, 7) is 8.18. The lowest BCUT2D eigenvalue weighted by atomic mass is 10.1. The molecule has 0 fully saturated rings. The molecule has 0 atom stereocenters. The standard InChI is InChI=1S/C29H35ClN4O4/c1-20-13-15-34(33-14-12-21-8-6-5-7-9-21)27(36)25(20)17-26(35)31-19-23-16-24(30)11-10-22(23)18-32-28(37)38-29(2,3)4/h5-11,13,15-16,33H,12,14,17-19H2,1-4H3,(H,31,35)(H,32,37). The molecular weight excluding hydrogens is 504 g/mol. The zero-order valence-corrected chi connectivity index (χ0v) is 23.0. The molecule has 3 N–H and O–H groups in total. The summed E-state index contributed by atoms with van der Waals surface area (Å²) in [4.78, 5) is 37.9. The molecule has 1 heterocycles. The van der Waals surface area contributed by atoms with E-state index < -0.39 is 11.7 Å². The van der Waals surface area contributed by atoms with Gasteiger partial charge in [0, 0.05) is 36.4 Å². The summed E-state index contributed by atoms with van der Waals surface area (Å²) >= 11 is 6.18. The van der Waals surface area contributed by atoms with E-state index in [1.54, 1.807) is 45.2 Å². The topological polar surface area (TPSA) is 101 Å². The van der Waals surface area contributed by atoms with Crippen molar-refractivity contribution in [1.29, 1.82) is 0 Å². The van der Waals surface area contributed by atoms with E-state index >= 15 is 0 Å². The zero-order chi connectivity index (χ0) is 27.7. The Morgan fingerprint density at radius 3 is 2.39 bits per heavy atom. The van der Waals surface area contributed by atoms with Crippen LogP contribution in [0.2, 0.25) is 5.02 Å². The number of hydrogen-bond acceptors (Lipinski definition) is 5. The van der Waals surface area contributed by atoms with Crippen LogP contribution in [-0.4, -0.2) is 28.8 Å². The molecule has 0 radical (unpaired) electrons. The third-order valence-electron chi connectivity index (χ3n) is 5.77. The Labute approximate surface area is 228 Å². The molecule has 3 aromatic rings. The minimum absolute atomic E-state index is 0.0576. The van der Waals surface area contributed by atoms with Crippen molar-refractivity contribution in [1.82, 2.24) is 15.3 Å². The summed E-state index contributed by atoms with van der Waals surface area (Å²) in [5.74, 6) is -0.293. The lowest BCUT2D eigenvalue weighted by Gasteiger charge is -2.20. The van der Waals surface area contributed by atoms with Crippen LogP contribution in [0.5, 0.6) is 0 Å². The molecule has 9 heteroatoms. The van der Waals surface area contributed by atoms with Gasteiger partial charge < -0.3 is 20.8 Å². The number of alkyl carbamates (subject to hydrolysis) is 1. The molecule has 3 rings (SSSR count). The number of rotatable bonds is 10. The number of hydrogen-bond donors (Lipinski definition) is 3. The first-order chi connectivity index (χ1) is 18.0. The SMILES string of the molecule is Cc1ccn(NCCc2ccccc2)c(=O)c1CC(=O)NCc1cc(Cl)ccc1CNC(=O)OC(C)(C)C. The second-order valence-electron chi connectivity index (χ2n) is 10.0. The van der Waals surface area contributed by atoms with Crippen LogP contribution in [0.1, 0.15) is 48.6 Å². The minimum atomic E-state index is -0.605. The fourth-order valence-electron chi connectivity index (χ4n) is 3.80. The number of carbonyl (C=O) groups excluding carboxylic acids is 2. The number of ether oxygens (including phenoxy) is 1. The summed E-state index contributed by atoms with van der Waals surface area (Å²) in [7, 11) is 0. The highest BCUT2D eigenvalue weighted by Gasteiger charge is 2.17. The van der Waals surface area contributed by atoms with E-state index in [9.17, 15) is 14.4 Å². The molecule has 0 aliphatic carbocycles. The predicted octanol–water partition coefficient (Wildman–Crippen LogP) is 4.48. The molecule has 2 aromatic carbocycles. The van der Waals surface area contributed by atoms with Gasteiger partial charge >= 0.3 is 6.09 Å². The lowest BCUT2D eigenvalue weighted by molar-refractivity contribution is -0.120. The maximum absolute atomic E-state index is 13.0. The van der Waals surface area contributed by atoms with Crippen molar-refractivity contribution in [2.45, 2.75) is 59.2 Å². The summed E-state index contributed by atoms with van der Waals surface area (Å²) in [5, 5.41) is 6.11. The average Bonchev–Trinajstić information content (AvgIpc) is 2.85. The summed E-state index contributed by atoms with van der Waals surface area (Å²) < 4.78 is 6.71. The third-order valence-corrected chi connectivity index (χ3v) is 6.00. The highest BCUT2D eigenvalue weighted by molar-refractivity contribution is 6.30. The van der Waals surface area contributed by atoms with Crippen molar-refractivity contribution in [2.75, 3.05) is 12.0 Å². The van der Waals surface area contributed by atoms with Gasteiger partial charge in [-0.25, -0.2) is 9.47 Å². The van der Waals surface area contributed by atoms with Gasteiger partial charge in [0.05, 0.1) is 6.42 Å². The van der Waals surface area contributed by atoms with Crippen LogP contribution in [0.25, 0.3) is 0 Å². The van der Waals surface area contributed by atoms with Crippen molar-refractivity contribution in [3.63, 3.8) is 0 Å². The first-order valence-electron chi connectivity index (χ1n) is 12.5. The molecule has 8 nitrogen and oxygen atoms in total. The largest absolute Gasteiger partial charge is 0.444 e. The van der Waals surface area contributed by atoms with E-state index in [0.717, 1.165) is 23.1 Å². The molecule has 1 aromatic heterocycles. The van der Waals surface area contributed by atoms with Crippen LogP contribution in [0, 0.1) is 6.92 Å². The van der Waals surface area contributed by atoms with Gasteiger partial charge in [-0.15, -0.1) is 0 Å². The van der Waals surface area contributed by atoms with Gasteiger partial charge in [0.15, 0.2) is 0 Å². The Morgan fingerprint density at radius 1 is 0.974 bits per heavy atom. The molecule has 0 saturated carbocycles. The van der Waals surface area contributed by atoms with Crippen molar-refractivity contribution in [2.24, 2.45) is 0 Å². The van der Waals surface area contributed by atoms with E-state index in [4.69, 9.17) is 16.3 Å². The Balaban J connectivity index is 1.60. The number of amides is 2. The van der Waals surface area contributed by atoms with Gasteiger partial charge in [-0.2, -0.15) is 0 Å². The number of carbonyl (C=O) groups is 2. The molecule has 38 heavy (non-hydrogen) atoms. The second-order valence-corrected chi connectivity index (χ2v) is 10.5. The van der Waals surface area contributed by atoms with E-state index in [1.165, 1.54) is 10.2 Å². The summed E-state index contributed by atoms with van der Waals surface area (Å²) in [6, 6.07) is 17.1. The second kappa shape index (κ2) is 13.1. The van der Waals surface area contributed by atoms with Crippen LogP contribution >= 0.6 is 11.6 Å². The van der Waals surface area contributed by atoms with Crippen LogP contribution in [-0.2, 0) is 35.5 Å². The van der Waals surface area contributed by atoms with Crippen LogP contribution in [0.3, 0.4) is 0 Å². The maximum Gasteiger partial charge on any atom is 0.407 e. The first-order valence-corrected chi connectivity index (χ1v) is 12.9. The van der Waals surface area contributed by atoms with Crippen molar-refractivity contribution in [3.05, 3.63) is 104 Å².